The first kappa shape index (κ1) is 14.9. The van der Waals surface area contributed by atoms with Crippen molar-refractivity contribution < 1.29 is 9.53 Å². The maximum atomic E-state index is 12.5. The number of rotatable bonds is 5. The number of hydrogen-bond donors (Lipinski definition) is 1. The van der Waals surface area contributed by atoms with Gasteiger partial charge in [0.15, 0.2) is 0 Å². The Morgan fingerprint density at radius 2 is 2.10 bits per heavy atom. The Morgan fingerprint density at radius 1 is 1.35 bits per heavy atom. The topological polar surface area (TPSA) is 41.6 Å². The second-order valence-corrected chi connectivity index (χ2v) is 5.22. The number of amides is 1. The van der Waals surface area contributed by atoms with Gasteiger partial charge in [-0.25, -0.2) is 0 Å². The molecule has 0 aromatic heterocycles. The Balaban J connectivity index is 1.99. The molecule has 0 saturated carbocycles. The van der Waals surface area contributed by atoms with E-state index in [4.69, 9.17) is 4.74 Å². The lowest BCUT2D eigenvalue weighted by atomic mass is 10.0. The highest BCUT2D eigenvalue weighted by Gasteiger charge is 2.20. The van der Waals surface area contributed by atoms with Gasteiger partial charge in [0.25, 0.3) is 5.91 Å². The number of hydrogen-bond acceptors (Lipinski definition) is 3. The van der Waals surface area contributed by atoms with Crippen LogP contribution in [0.4, 0.5) is 0 Å². The van der Waals surface area contributed by atoms with Gasteiger partial charge in [0, 0.05) is 24.7 Å². The number of piperidine rings is 1. The quantitative estimate of drug-likeness (QED) is 0.897. The molecule has 1 aliphatic rings. The standard InChI is InChI=1S/C16H24N2O2/c1-3-18(12-14-6-4-5-11-17-14)16(19)13-7-9-15(20-2)10-8-13/h7-10,14,17H,3-6,11-12H2,1-2H3. The fourth-order valence-electron chi connectivity index (χ4n) is 2.62. The van der Waals surface area contributed by atoms with Crippen molar-refractivity contribution in [1.82, 2.24) is 10.2 Å². The van der Waals surface area contributed by atoms with Crippen LogP contribution in [0.3, 0.4) is 0 Å². The van der Waals surface area contributed by atoms with Gasteiger partial charge in [-0.1, -0.05) is 6.42 Å². The van der Waals surface area contributed by atoms with Gasteiger partial charge >= 0.3 is 0 Å². The van der Waals surface area contributed by atoms with Crippen LogP contribution in [0.2, 0.25) is 0 Å². The SMILES string of the molecule is CCN(CC1CCCCN1)C(=O)c1ccc(OC)cc1. The fraction of sp³-hybridized carbons (Fsp3) is 0.562. The molecular weight excluding hydrogens is 252 g/mol. The maximum Gasteiger partial charge on any atom is 0.253 e. The van der Waals surface area contributed by atoms with E-state index in [1.165, 1.54) is 12.8 Å². The smallest absolute Gasteiger partial charge is 0.253 e. The van der Waals surface area contributed by atoms with Gasteiger partial charge in [-0.2, -0.15) is 0 Å². The van der Waals surface area contributed by atoms with Crippen molar-refractivity contribution in [3.63, 3.8) is 0 Å². The largest absolute Gasteiger partial charge is 0.497 e. The van der Waals surface area contributed by atoms with E-state index in [1.807, 2.05) is 36.1 Å². The molecule has 1 aromatic rings. The molecule has 1 saturated heterocycles. The molecular formula is C16H24N2O2. The van der Waals surface area contributed by atoms with Crippen LogP contribution in [0, 0.1) is 0 Å². The highest BCUT2D eigenvalue weighted by atomic mass is 16.5. The summed E-state index contributed by atoms with van der Waals surface area (Å²) >= 11 is 0. The lowest BCUT2D eigenvalue weighted by Gasteiger charge is -2.30. The minimum atomic E-state index is 0.0996. The second kappa shape index (κ2) is 7.29. The van der Waals surface area contributed by atoms with E-state index in [9.17, 15) is 4.79 Å². The van der Waals surface area contributed by atoms with Crippen molar-refractivity contribution >= 4 is 5.91 Å². The minimum Gasteiger partial charge on any atom is -0.497 e. The van der Waals surface area contributed by atoms with Gasteiger partial charge in [-0.15, -0.1) is 0 Å². The summed E-state index contributed by atoms with van der Waals surface area (Å²) in [7, 11) is 1.63. The Kier molecular flexibility index (Phi) is 5.41. The van der Waals surface area contributed by atoms with Crippen molar-refractivity contribution in [3.05, 3.63) is 29.8 Å². The van der Waals surface area contributed by atoms with E-state index in [2.05, 4.69) is 5.32 Å². The molecule has 0 aliphatic carbocycles. The Labute approximate surface area is 121 Å². The highest BCUT2D eigenvalue weighted by Crippen LogP contribution is 2.14. The summed E-state index contributed by atoms with van der Waals surface area (Å²) in [5, 5.41) is 3.49. The zero-order valence-corrected chi connectivity index (χ0v) is 12.4. The van der Waals surface area contributed by atoms with Crippen LogP contribution in [0.1, 0.15) is 36.5 Å². The number of benzene rings is 1. The van der Waals surface area contributed by atoms with Crippen LogP contribution < -0.4 is 10.1 Å². The molecule has 0 spiro atoms. The first-order valence-electron chi connectivity index (χ1n) is 7.41. The van der Waals surface area contributed by atoms with Crippen LogP contribution in [-0.2, 0) is 0 Å². The third-order valence-corrected chi connectivity index (χ3v) is 3.86. The molecule has 0 bridgehead atoms. The van der Waals surface area contributed by atoms with Crippen LogP contribution in [0.25, 0.3) is 0 Å². The molecule has 4 heteroatoms. The fourth-order valence-corrected chi connectivity index (χ4v) is 2.62. The number of carbonyl (C=O) groups is 1. The van der Waals surface area contributed by atoms with Crippen molar-refractivity contribution in [2.75, 3.05) is 26.7 Å². The van der Waals surface area contributed by atoms with Gasteiger partial charge in [-0.3, -0.25) is 4.79 Å². The van der Waals surface area contributed by atoms with E-state index in [-0.39, 0.29) is 5.91 Å². The zero-order chi connectivity index (χ0) is 14.4. The maximum absolute atomic E-state index is 12.5. The number of ether oxygens (including phenoxy) is 1. The number of nitrogens with one attached hydrogen (secondary N) is 1. The average Bonchev–Trinajstić information content (AvgIpc) is 2.53. The molecule has 1 fully saturated rings. The Morgan fingerprint density at radius 3 is 2.65 bits per heavy atom. The Bertz CT molecular complexity index is 425. The summed E-state index contributed by atoms with van der Waals surface area (Å²) in [6, 6.07) is 7.77. The second-order valence-electron chi connectivity index (χ2n) is 5.22. The van der Waals surface area contributed by atoms with Gasteiger partial charge in [0.2, 0.25) is 0 Å². The molecule has 1 atom stereocenters. The molecule has 1 unspecified atom stereocenters. The number of carbonyl (C=O) groups excluding carboxylic acids is 1. The molecule has 20 heavy (non-hydrogen) atoms. The van der Waals surface area contributed by atoms with Gasteiger partial charge < -0.3 is 15.0 Å². The van der Waals surface area contributed by atoms with Crippen molar-refractivity contribution in [2.24, 2.45) is 0 Å². The summed E-state index contributed by atoms with van der Waals surface area (Å²) < 4.78 is 5.12. The monoisotopic (exact) mass is 276 g/mol. The minimum absolute atomic E-state index is 0.0996. The van der Waals surface area contributed by atoms with E-state index in [0.29, 0.717) is 6.04 Å². The molecule has 1 aliphatic heterocycles. The van der Waals surface area contributed by atoms with Crippen molar-refractivity contribution in [1.29, 1.82) is 0 Å². The predicted molar refractivity (Wildman–Crippen MR) is 80.2 cm³/mol. The molecule has 1 aromatic carbocycles. The van der Waals surface area contributed by atoms with Crippen molar-refractivity contribution in [3.8, 4) is 5.75 Å². The molecule has 110 valence electrons. The molecule has 4 nitrogen and oxygen atoms in total. The lowest BCUT2D eigenvalue weighted by molar-refractivity contribution is 0.0741. The van der Waals surface area contributed by atoms with Gasteiger partial charge in [0.1, 0.15) is 5.75 Å². The molecule has 1 heterocycles. The Hall–Kier alpha value is -1.55. The number of nitrogens with zero attached hydrogens (tertiary/aromatic N) is 1. The third kappa shape index (κ3) is 3.73. The lowest BCUT2D eigenvalue weighted by Crippen LogP contribution is -2.45. The summed E-state index contributed by atoms with van der Waals surface area (Å²) in [5.74, 6) is 0.876. The van der Waals surface area contributed by atoms with Crippen LogP contribution in [0.5, 0.6) is 5.75 Å². The normalized spacial score (nSPS) is 18.6. The molecule has 2 rings (SSSR count). The van der Waals surface area contributed by atoms with Crippen molar-refractivity contribution in [2.45, 2.75) is 32.2 Å². The predicted octanol–water partition coefficient (Wildman–Crippen LogP) is 2.30. The van der Waals surface area contributed by atoms with E-state index in [0.717, 1.165) is 37.4 Å². The summed E-state index contributed by atoms with van der Waals surface area (Å²) in [5.41, 5.74) is 0.725. The number of likely N-dealkylation sites (N-methyl/N-ethyl adjacent to an activating group) is 1. The average molecular weight is 276 g/mol. The summed E-state index contributed by atoms with van der Waals surface area (Å²) in [6.07, 6.45) is 3.66. The summed E-state index contributed by atoms with van der Waals surface area (Å²) in [4.78, 5) is 14.4. The van der Waals surface area contributed by atoms with Gasteiger partial charge in [-0.05, 0) is 50.6 Å². The van der Waals surface area contributed by atoms with Crippen LogP contribution in [-0.4, -0.2) is 43.6 Å². The van der Waals surface area contributed by atoms with Crippen LogP contribution in [0.15, 0.2) is 24.3 Å². The van der Waals surface area contributed by atoms with Crippen LogP contribution >= 0.6 is 0 Å². The van der Waals surface area contributed by atoms with E-state index >= 15 is 0 Å². The number of methoxy groups -OCH3 is 1. The molecule has 0 radical (unpaired) electrons. The van der Waals surface area contributed by atoms with Gasteiger partial charge in [0.05, 0.1) is 7.11 Å². The first-order valence-corrected chi connectivity index (χ1v) is 7.41. The first-order chi connectivity index (χ1) is 9.74. The molecule has 1 amide bonds. The van der Waals surface area contributed by atoms with E-state index in [1.54, 1.807) is 7.11 Å². The third-order valence-electron chi connectivity index (χ3n) is 3.86. The summed E-state index contributed by atoms with van der Waals surface area (Å²) in [6.45, 7) is 4.63. The highest BCUT2D eigenvalue weighted by molar-refractivity contribution is 5.94. The van der Waals surface area contributed by atoms with E-state index < -0.39 is 0 Å². The zero-order valence-electron chi connectivity index (χ0n) is 12.4. The molecule has 1 N–H and O–H groups in total.